The molecule has 3 nitrogen and oxygen atoms in total. The number of amides is 1. The van der Waals surface area contributed by atoms with Crippen LogP contribution in [0.1, 0.15) is 58.6 Å². The normalized spacial score (nSPS) is 31.0. The van der Waals surface area contributed by atoms with Gasteiger partial charge in [0, 0.05) is 18.0 Å². The minimum Gasteiger partial charge on any atom is -0.366 e. The fraction of sp³-hybridized carbons (Fsp3) is 0.611. The van der Waals surface area contributed by atoms with Crippen LogP contribution in [0.15, 0.2) is 12.1 Å². The van der Waals surface area contributed by atoms with Gasteiger partial charge in [0.1, 0.15) is 0 Å². The lowest BCUT2D eigenvalue weighted by Gasteiger charge is -2.45. The van der Waals surface area contributed by atoms with E-state index in [9.17, 15) is 4.79 Å². The van der Waals surface area contributed by atoms with Crippen LogP contribution in [-0.4, -0.2) is 30.4 Å². The summed E-state index contributed by atoms with van der Waals surface area (Å²) in [6.07, 6.45) is 7.12. The Morgan fingerprint density at radius 2 is 1.90 bits per heavy atom. The van der Waals surface area contributed by atoms with E-state index in [4.69, 9.17) is 5.73 Å². The van der Waals surface area contributed by atoms with E-state index in [-0.39, 0.29) is 5.91 Å². The summed E-state index contributed by atoms with van der Waals surface area (Å²) in [5, 5.41) is 0. The van der Waals surface area contributed by atoms with Gasteiger partial charge in [-0.1, -0.05) is 12.1 Å². The third-order valence-corrected chi connectivity index (χ3v) is 5.87. The van der Waals surface area contributed by atoms with Gasteiger partial charge in [0.2, 0.25) is 5.91 Å². The van der Waals surface area contributed by atoms with Crippen molar-refractivity contribution in [3.8, 4) is 0 Å². The van der Waals surface area contributed by atoms with Crippen molar-refractivity contribution in [1.82, 2.24) is 4.90 Å². The summed E-state index contributed by atoms with van der Waals surface area (Å²) in [4.78, 5) is 14.7. The van der Waals surface area contributed by atoms with E-state index in [2.05, 4.69) is 17.0 Å². The second kappa shape index (κ2) is 5.13. The number of carbonyl (C=O) groups excluding carboxylic acids is 1. The van der Waals surface area contributed by atoms with Gasteiger partial charge in [-0.2, -0.15) is 0 Å². The Kier molecular flexibility index (Phi) is 3.26. The highest BCUT2D eigenvalue weighted by atomic mass is 16.1. The predicted molar refractivity (Wildman–Crippen MR) is 83.5 cm³/mol. The Labute approximate surface area is 126 Å². The molecular weight excluding hydrogens is 260 g/mol. The average molecular weight is 284 g/mol. The lowest BCUT2D eigenvalue weighted by molar-refractivity contribution is 0.0855. The molecule has 3 saturated heterocycles. The molecule has 21 heavy (non-hydrogen) atoms. The Morgan fingerprint density at radius 1 is 1.14 bits per heavy atom. The van der Waals surface area contributed by atoms with E-state index in [1.807, 2.05) is 0 Å². The molecule has 0 spiro atoms. The smallest absolute Gasteiger partial charge is 0.249 e. The standard InChI is InChI=1S/C18H24N2O/c19-18(21)17-14-4-2-1-3-12(14)5-6-15(17)16-11-20-9-7-13(16)8-10-20/h5-6,13,16H,1-4,7-11H2,(H2,19,21). The zero-order chi connectivity index (χ0) is 14.4. The average Bonchev–Trinajstić information content (AvgIpc) is 2.54. The second-order valence-corrected chi connectivity index (χ2v) is 6.98. The number of nitrogens with two attached hydrogens (primary N) is 1. The SMILES string of the molecule is NC(=O)c1c(C2CN3CCC2CC3)ccc2c1CCCC2. The summed E-state index contributed by atoms with van der Waals surface area (Å²) in [6.45, 7) is 3.58. The van der Waals surface area contributed by atoms with Crippen LogP contribution in [-0.2, 0) is 12.8 Å². The molecule has 3 heteroatoms. The van der Waals surface area contributed by atoms with Crippen LogP contribution in [0.25, 0.3) is 0 Å². The minimum atomic E-state index is -0.208. The van der Waals surface area contributed by atoms with Crippen molar-refractivity contribution >= 4 is 5.91 Å². The molecule has 0 aromatic heterocycles. The number of hydrogen-bond acceptors (Lipinski definition) is 2. The number of carbonyl (C=O) groups is 1. The number of nitrogens with zero attached hydrogens (tertiary/aromatic N) is 1. The van der Waals surface area contributed by atoms with E-state index < -0.39 is 0 Å². The summed E-state index contributed by atoms with van der Waals surface area (Å²) in [6, 6.07) is 4.49. The zero-order valence-electron chi connectivity index (χ0n) is 12.6. The first kappa shape index (κ1) is 13.3. The molecule has 5 rings (SSSR count). The van der Waals surface area contributed by atoms with E-state index >= 15 is 0 Å². The molecule has 3 heterocycles. The van der Waals surface area contributed by atoms with Crippen molar-refractivity contribution in [3.05, 3.63) is 34.4 Å². The Bertz CT molecular complexity index is 573. The largest absolute Gasteiger partial charge is 0.366 e. The van der Waals surface area contributed by atoms with Crippen molar-refractivity contribution in [2.45, 2.75) is 44.4 Å². The van der Waals surface area contributed by atoms with Crippen LogP contribution in [0.4, 0.5) is 0 Å². The second-order valence-electron chi connectivity index (χ2n) is 6.98. The maximum atomic E-state index is 12.2. The van der Waals surface area contributed by atoms with Crippen LogP contribution in [0, 0.1) is 5.92 Å². The molecule has 4 aliphatic rings. The van der Waals surface area contributed by atoms with Gasteiger partial charge in [-0.15, -0.1) is 0 Å². The van der Waals surface area contributed by atoms with Crippen LogP contribution in [0.2, 0.25) is 0 Å². The monoisotopic (exact) mass is 284 g/mol. The maximum Gasteiger partial charge on any atom is 0.249 e. The summed E-state index contributed by atoms with van der Waals surface area (Å²) in [7, 11) is 0. The molecule has 1 unspecified atom stereocenters. The molecule has 112 valence electrons. The topological polar surface area (TPSA) is 46.3 Å². The summed E-state index contributed by atoms with van der Waals surface area (Å²) in [5.41, 5.74) is 10.5. The molecule has 1 aromatic carbocycles. The maximum absolute atomic E-state index is 12.2. The van der Waals surface area contributed by atoms with Crippen LogP contribution in [0.3, 0.4) is 0 Å². The number of aryl methyl sites for hydroxylation is 1. The van der Waals surface area contributed by atoms with Crippen molar-refractivity contribution in [3.63, 3.8) is 0 Å². The Hall–Kier alpha value is -1.35. The van der Waals surface area contributed by atoms with Gasteiger partial charge in [-0.3, -0.25) is 4.79 Å². The highest BCUT2D eigenvalue weighted by Gasteiger charge is 2.37. The molecule has 2 bridgehead atoms. The van der Waals surface area contributed by atoms with Crippen LogP contribution < -0.4 is 5.73 Å². The van der Waals surface area contributed by atoms with Crippen LogP contribution in [0.5, 0.6) is 0 Å². The lowest BCUT2D eigenvalue weighted by atomic mass is 9.72. The Morgan fingerprint density at radius 3 is 2.57 bits per heavy atom. The highest BCUT2D eigenvalue weighted by Crippen LogP contribution is 2.41. The molecule has 0 saturated carbocycles. The van der Waals surface area contributed by atoms with Crippen molar-refractivity contribution in [2.75, 3.05) is 19.6 Å². The molecule has 1 aromatic rings. The molecule has 1 aliphatic carbocycles. The quantitative estimate of drug-likeness (QED) is 0.907. The summed E-state index contributed by atoms with van der Waals surface area (Å²) < 4.78 is 0. The van der Waals surface area contributed by atoms with E-state index in [1.54, 1.807) is 0 Å². The summed E-state index contributed by atoms with van der Waals surface area (Å²) >= 11 is 0. The molecule has 1 atom stereocenters. The molecule has 2 N–H and O–H groups in total. The van der Waals surface area contributed by atoms with Gasteiger partial charge < -0.3 is 10.6 Å². The van der Waals surface area contributed by atoms with Crippen molar-refractivity contribution in [2.24, 2.45) is 11.7 Å². The third kappa shape index (κ3) is 2.18. The molecule has 1 amide bonds. The number of benzene rings is 1. The number of rotatable bonds is 2. The molecule has 3 fully saturated rings. The lowest BCUT2D eigenvalue weighted by Crippen LogP contribution is -2.46. The van der Waals surface area contributed by atoms with Crippen molar-refractivity contribution < 1.29 is 4.79 Å². The van der Waals surface area contributed by atoms with Gasteiger partial charge >= 0.3 is 0 Å². The molecular formula is C18H24N2O. The summed E-state index contributed by atoms with van der Waals surface area (Å²) in [5.74, 6) is 1.05. The fourth-order valence-electron chi connectivity index (χ4n) is 4.76. The number of hydrogen-bond donors (Lipinski definition) is 1. The van der Waals surface area contributed by atoms with Gasteiger partial charge in [-0.25, -0.2) is 0 Å². The Balaban J connectivity index is 1.79. The fourth-order valence-corrected chi connectivity index (χ4v) is 4.76. The van der Waals surface area contributed by atoms with Gasteiger partial charge in [0.05, 0.1) is 0 Å². The number of primary amides is 1. The van der Waals surface area contributed by atoms with Gasteiger partial charge in [-0.05, 0) is 74.2 Å². The van der Waals surface area contributed by atoms with E-state index in [0.717, 1.165) is 30.9 Å². The number of piperidine rings is 3. The minimum absolute atomic E-state index is 0.208. The zero-order valence-corrected chi connectivity index (χ0v) is 12.6. The number of fused-ring (bicyclic) bond motifs is 4. The van der Waals surface area contributed by atoms with Gasteiger partial charge in [0.15, 0.2) is 0 Å². The van der Waals surface area contributed by atoms with E-state index in [1.165, 1.54) is 55.5 Å². The highest BCUT2D eigenvalue weighted by molar-refractivity contribution is 5.96. The predicted octanol–water partition coefficient (Wildman–Crippen LogP) is 2.47. The third-order valence-electron chi connectivity index (χ3n) is 5.87. The van der Waals surface area contributed by atoms with Gasteiger partial charge in [0.25, 0.3) is 0 Å². The molecule has 3 aliphatic heterocycles. The van der Waals surface area contributed by atoms with Crippen molar-refractivity contribution in [1.29, 1.82) is 0 Å². The first-order valence-electron chi connectivity index (χ1n) is 8.41. The first-order valence-corrected chi connectivity index (χ1v) is 8.41. The van der Waals surface area contributed by atoms with E-state index in [0.29, 0.717) is 5.92 Å². The first-order chi connectivity index (χ1) is 10.2. The molecule has 0 radical (unpaired) electrons. The van der Waals surface area contributed by atoms with Crippen LogP contribution >= 0.6 is 0 Å².